The number of amides is 1. The molecule has 0 aromatic carbocycles. The molecule has 2 saturated heterocycles. The summed E-state index contributed by atoms with van der Waals surface area (Å²) < 4.78 is 23.4. The standard InChI is InChI=1S/C16H31N3O3S/c1-4-23(21,22)11-10-17-12-14(2)16(13-17)19-7-5-6-18(8-9-19)15(3)20/h14,16H,4-13H2,1-3H3/t14-,16-/m1/s1. The Bertz CT molecular complexity index is 509. The van der Waals surface area contributed by atoms with Crippen LogP contribution in [0.15, 0.2) is 0 Å². The minimum absolute atomic E-state index is 0.165. The van der Waals surface area contributed by atoms with Crippen molar-refractivity contribution in [1.29, 1.82) is 0 Å². The minimum Gasteiger partial charge on any atom is -0.342 e. The minimum atomic E-state index is -2.89. The zero-order valence-corrected chi connectivity index (χ0v) is 15.5. The lowest BCUT2D eigenvalue weighted by Crippen LogP contribution is -2.43. The number of hydrogen-bond acceptors (Lipinski definition) is 5. The van der Waals surface area contributed by atoms with Gasteiger partial charge >= 0.3 is 0 Å². The Morgan fingerprint density at radius 2 is 1.87 bits per heavy atom. The summed E-state index contributed by atoms with van der Waals surface area (Å²) in [7, 11) is -2.89. The molecule has 2 rings (SSSR count). The molecule has 2 atom stereocenters. The molecule has 0 spiro atoms. The molecule has 134 valence electrons. The molecule has 7 heteroatoms. The van der Waals surface area contributed by atoms with E-state index in [9.17, 15) is 13.2 Å². The van der Waals surface area contributed by atoms with E-state index in [-0.39, 0.29) is 17.4 Å². The maximum Gasteiger partial charge on any atom is 0.219 e. The van der Waals surface area contributed by atoms with Crippen molar-refractivity contribution in [3.8, 4) is 0 Å². The number of carbonyl (C=O) groups is 1. The summed E-state index contributed by atoms with van der Waals surface area (Å²) in [6.45, 7) is 11.8. The van der Waals surface area contributed by atoms with Gasteiger partial charge in [-0.05, 0) is 12.3 Å². The highest BCUT2D eigenvalue weighted by molar-refractivity contribution is 7.91. The van der Waals surface area contributed by atoms with Crippen LogP contribution < -0.4 is 0 Å². The zero-order valence-electron chi connectivity index (χ0n) is 14.7. The second-order valence-corrected chi connectivity index (χ2v) is 9.41. The average Bonchev–Trinajstić information content (AvgIpc) is 2.72. The smallest absolute Gasteiger partial charge is 0.219 e. The Hall–Kier alpha value is -0.660. The molecule has 0 aromatic heterocycles. The Balaban J connectivity index is 1.87. The van der Waals surface area contributed by atoms with E-state index >= 15 is 0 Å². The fourth-order valence-electron chi connectivity index (χ4n) is 3.70. The molecular weight excluding hydrogens is 314 g/mol. The molecule has 0 aromatic rings. The molecule has 0 radical (unpaired) electrons. The van der Waals surface area contributed by atoms with Gasteiger partial charge in [0.15, 0.2) is 9.84 Å². The molecule has 2 aliphatic heterocycles. The summed E-state index contributed by atoms with van der Waals surface area (Å²) in [6, 6.07) is 0.478. The SMILES string of the molecule is CCS(=O)(=O)CCN1C[C@@H](C)[C@H](N2CCCN(C(C)=O)CC2)C1. The first-order chi connectivity index (χ1) is 10.8. The first-order valence-electron chi connectivity index (χ1n) is 8.74. The largest absolute Gasteiger partial charge is 0.342 e. The molecule has 0 bridgehead atoms. The zero-order chi connectivity index (χ0) is 17.0. The fraction of sp³-hybridized carbons (Fsp3) is 0.938. The molecule has 0 aliphatic carbocycles. The Kier molecular flexibility index (Phi) is 6.45. The first kappa shape index (κ1) is 18.7. The summed E-state index contributed by atoms with van der Waals surface area (Å²) >= 11 is 0. The van der Waals surface area contributed by atoms with E-state index in [4.69, 9.17) is 0 Å². The molecule has 2 fully saturated rings. The van der Waals surface area contributed by atoms with Gasteiger partial charge < -0.3 is 9.80 Å². The Morgan fingerprint density at radius 1 is 1.13 bits per heavy atom. The van der Waals surface area contributed by atoms with Crippen molar-refractivity contribution in [1.82, 2.24) is 14.7 Å². The van der Waals surface area contributed by atoms with E-state index < -0.39 is 9.84 Å². The first-order valence-corrected chi connectivity index (χ1v) is 10.6. The van der Waals surface area contributed by atoms with Gasteiger partial charge in [-0.2, -0.15) is 0 Å². The van der Waals surface area contributed by atoms with Crippen LogP contribution >= 0.6 is 0 Å². The van der Waals surface area contributed by atoms with Crippen LogP contribution in [0.4, 0.5) is 0 Å². The van der Waals surface area contributed by atoms with Crippen molar-refractivity contribution in [3.05, 3.63) is 0 Å². The Morgan fingerprint density at radius 3 is 2.52 bits per heavy atom. The Labute approximate surface area is 140 Å². The summed E-state index contributed by atoms with van der Waals surface area (Å²) in [4.78, 5) is 18.3. The van der Waals surface area contributed by atoms with Gasteiger partial charge in [0.25, 0.3) is 0 Å². The number of sulfone groups is 1. The molecule has 0 N–H and O–H groups in total. The van der Waals surface area contributed by atoms with Crippen LogP contribution in [0.2, 0.25) is 0 Å². The van der Waals surface area contributed by atoms with Crippen LogP contribution in [0, 0.1) is 5.92 Å². The van der Waals surface area contributed by atoms with E-state index in [2.05, 4.69) is 16.7 Å². The highest BCUT2D eigenvalue weighted by Gasteiger charge is 2.34. The van der Waals surface area contributed by atoms with Crippen LogP contribution in [-0.2, 0) is 14.6 Å². The van der Waals surface area contributed by atoms with Gasteiger partial charge in [0, 0.05) is 64.5 Å². The number of rotatable bonds is 5. The third kappa shape index (κ3) is 5.16. The lowest BCUT2D eigenvalue weighted by Gasteiger charge is -2.30. The number of likely N-dealkylation sites (tertiary alicyclic amines) is 1. The van der Waals surface area contributed by atoms with Gasteiger partial charge in [-0.1, -0.05) is 13.8 Å². The maximum absolute atomic E-state index is 11.7. The summed E-state index contributed by atoms with van der Waals surface area (Å²) in [5, 5.41) is 0. The topological polar surface area (TPSA) is 60.9 Å². The summed E-state index contributed by atoms with van der Waals surface area (Å²) in [6.07, 6.45) is 1.02. The number of hydrogen-bond donors (Lipinski definition) is 0. The quantitative estimate of drug-likeness (QED) is 0.717. The summed E-state index contributed by atoms with van der Waals surface area (Å²) in [5.41, 5.74) is 0. The van der Waals surface area contributed by atoms with E-state index in [1.165, 1.54) is 0 Å². The second kappa shape index (κ2) is 7.94. The molecule has 0 unspecified atom stereocenters. The fourth-order valence-corrected chi connectivity index (χ4v) is 4.53. The summed E-state index contributed by atoms with van der Waals surface area (Å²) in [5.74, 6) is 1.20. The molecule has 0 saturated carbocycles. The van der Waals surface area contributed by atoms with Crippen molar-refractivity contribution < 1.29 is 13.2 Å². The van der Waals surface area contributed by atoms with Gasteiger partial charge in [-0.15, -0.1) is 0 Å². The second-order valence-electron chi connectivity index (χ2n) is 6.94. The maximum atomic E-state index is 11.7. The third-order valence-electron chi connectivity index (χ3n) is 5.25. The van der Waals surface area contributed by atoms with Crippen molar-refractivity contribution in [2.45, 2.75) is 33.2 Å². The molecule has 2 heterocycles. The molecule has 1 amide bonds. The van der Waals surface area contributed by atoms with Crippen molar-refractivity contribution >= 4 is 15.7 Å². The normalized spacial score (nSPS) is 28.0. The van der Waals surface area contributed by atoms with E-state index in [1.54, 1.807) is 13.8 Å². The van der Waals surface area contributed by atoms with E-state index in [0.29, 0.717) is 18.5 Å². The van der Waals surface area contributed by atoms with Gasteiger partial charge in [0.1, 0.15) is 0 Å². The predicted octanol–water partition coefficient (Wildman–Crippen LogP) is 0.296. The highest BCUT2D eigenvalue weighted by Crippen LogP contribution is 2.23. The van der Waals surface area contributed by atoms with Gasteiger partial charge in [0.05, 0.1) is 5.75 Å². The van der Waals surface area contributed by atoms with Crippen LogP contribution in [0.25, 0.3) is 0 Å². The highest BCUT2D eigenvalue weighted by atomic mass is 32.2. The van der Waals surface area contributed by atoms with Crippen molar-refractivity contribution in [3.63, 3.8) is 0 Å². The number of carbonyl (C=O) groups excluding carboxylic acids is 1. The number of nitrogens with zero attached hydrogens (tertiary/aromatic N) is 3. The predicted molar refractivity (Wildman–Crippen MR) is 92.2 cm³/mol. The molecule has 23 heavy (non-hydrogen) atoms. The van der Waals surface area contributed by atoms with Gasteiger partial charge in [0.2, 0.25) is 5.91 Å². The van der Waals surface area contributed by atoms with Crippen LogP contribution in [0.5, 0.6) is 0 Å². The average molecular weight is 346 g/mol. The third-order valence-corrected chi connectivity index (χ3v) is 6.94. The van der Waals surface area contributed by atoms with Crippen LogP contribution in [0.3, 0.4) is 0 Å². The monoisotopic (exact) mass is 345 g/mol. The van der Waals surface area contributed by atoms with Gasteiger partial charge in [-0.3, -0.25) is 9.69 Å². The lowest BCUT2D eigenvalue weighted by atomic mass is 10.0. The van der Waals surface area contributed by atoms with Crippen LogP contribution in [-0.4, -0.2) is 92.4 Å². The van der Waals surface area contributed by atoms with E-state index in [1.807, 2.05) is 4.90 Å². The van der Waals surface area contributed by atoms with Crippen molar-refractivity contribution in [2.24, 2.45) is 5.92 Å². The van der Waals surface area contributed by atoms with Crippen LogP contribution in [0.1, 0.15) is 27.2 Å². The molecule has 2 aliphatic rings. The molecular formula is C16H31N3O3S. The lowest BCUT2D eigenvalue weighted by molar-refractivity contribution is -0.128. The van der Waals surface area contributed by atoms with E-state index in [0.717, 1.165) is 45.7 Å². The van der Waals surface area contributed by atoms with Gasteiger partial charge in [-0.25, -0.2) is 8.42 Å². The molecule has 6 nitrogen and oxygen atoms in total. The van der Waals surface area contributed by atoms with Crippen molar-refractivity contribution in [2.75, 3.05) is 57.3 Å².